The molecule has 1 aromatic carbocycles. The van der Waals surface area contributed by atoms with Crippen LogP contribution in [0.2, 0.25) is 5.02 Å². The first-order chi connectivity index (χ1) is 10.7. The number of H-pyrrole nitrogens is 1. The Labute approximate surface area is 135 Å². The zero-order valence-electron chi connectivity index (χ0n) is 12.5. The fourth-order valence-electron chi connectivity index (χ4n) is 2.86. The third kappa shape index (κ3) is 3.45. The molecule has 1 fully saturated rings. The largest absolute Gasteiger partial charge is 0.396 e. The van der Waals surface area contributed by atoms with Crippen molar-refractivity contribution in [1.29, 1.82) is 0 Å². The van der Waals surface area contributed by atoms with Gasteiger partial charge in [-0.3, -0.25) is 4.79 Å². The van der Waals surface area contributed by atoms with Gasteiger partial charge in [-0.1, -0.05) is 17.7 Å². The molecule has 4 nitrogen and oxygen atoms in total. The summed E-state index contributed by atoms with van der Waals surface area (Å²) in [4.78, 5) is 17.8. The van der Waals surface area contributed by atoms with E-state index in [9.17, 15) is 4.79 Å². The maximum Gasteiger partial charge on any atom is 0.227 e. The Bertz CT molecular complexity index is 664. The first-order valence-electron chi connectivity index (χ1n) is 7.85. The molecule has 1 aliphatic rings. The number of rotatable bonds is 7. The summed E-state index contributed by atoms with van der Waals surface area (Å²) >= 11 is 5.99. The van der Waals surface area contributed by atoms with Crippen molar-refractivity contribution >= 4 is 28.4 Å². The molecule has 22 heavy (non-hydrogen) atoms. The maximum atomic E-state index is 12.6. The lowest BCUT2D eigenvalue weighted by Crippen LogP contribution is -2.35. The number of hydrogen-bond donors (Lipinski definition) is 2. The highest BCUT2D eigenvalue weighted by Gasteiger charge is 2.32. The van der Waals surface area contributed by atoms with Crippen LogP contribution in [0.25, 0.3) is 10.9 Å². The van der Waals surface area contributed by atoms with E-state index in [4.69, 9.17) is 16.7 Å². The van der Waals surface area contributed by atoms with Gasteiger partial charge in [0.25, 0.3) is 0 Å². The number of aliphatic hydroxyl groups excluding tert-OH is 1. The summed E-state index contributed by atoms with van der Waals surface area (Å²) in [5.74, 6) is 0.177. The number of nitrogens with zero attached hydrogens (tertiary/aromatic N) is 1. The Balaban J connectivity index is 1.70. The number of unbranched alkanes of at least 4 members (excludes halogenated alkanes) is 1. The normalized spacial score (nSPS) is 14.5. The minimum atomic E-state index is 0.177. The predicted molar refractivity (Wildman–Crippen MR) is 88.1 cm³/mol. The van der Waals surface area contributed by atoms with Crippen molar-refractivity contribution in [1.82, 2.24) is 9.88 Å². The van der Waals surface area contributed by atoms with E-state index in [0.717, 1.165) is 48.7 Å². The third-order valence-electron chi connectivity index (χ3n) is 4.19. The van der Waals surface area contributed by atoms with Gasteiger partial charge in [0.15, 0.2) is 0 Å². The fourth-order valence-corrected chi connectivity index (χ4v) is 3.03. The monoisotopic (exact) mass is 320 g/mol. The van der Waals surface area contributed by atoms with Gasteiger partial charge in [0.1, 0.15) is 0 Å². The van der Waals surface area contributed by atoms with Crippen molar-refractivity contribution in [2.75, 3.05) is 13.2 Å². The Hall–Kier alpha value is -1.52. The highest BCUT2D eigenvalue weighted by atomic mass is 35.5. The average Bonchev–Trinajstić information content (AvgIpc) is 3.26. The number of carbonyl (C=O) groups is 1. The van der Waals surface area contributed by atoms with Crippen LogP contribution in [-0.2, 0) is 11.2 Å². The van der Waals surface area contributed by atoms with Crippen LogP contribution < -0.4 is 0 Å². The first-order valence-corrected chi connectivity index (χ1v) is 8.22. The highest BCUT2D eigenvalue weighted by molar-refractivity contribution is 6.31. The molecule has 5 heteroatoms. The van der Waals surface area contributed by atoms with Crippen LogP contribution in [0.3, 0.4) is 0 Å². The molecule has 0 spiro atoms. The van der Waals surface area contributed by atoms with E-state index >= 15 is 0 Å². The number of hydrogen-bond acceptors (Lipinski definition) is 2. The van der Waals surface area contributed by atoms with Crippen molar-refractivity contribution in [3.05, 3.63) is 35.0 Å². The van der Waals surface area contributed by atoms with Crippen LogP contribution in [-0.4, -0.2) is 40.1 Å². The van der Waals surface area contributed by atoms with Crippen molar-refractivity contribution in [2.45, 2.75) is 38.1 Å². The molecule has 0 unspecified atom stereocenters. The Kier molecular flexibility index (Phi) is 4.69. The molecule has 2 aromatic rings. The molecule has 1 aromatic heterocycles. The van der Waals surface area contributed by atoms with Gasteiger partial charge in [-0.2, -0.15) is 0 Å². The summed E-state index contributed by atoms with van der Waals surface area (Å²) in [6, 6.07) is 6.10. The lowest BCUT2D eigenvalue weighted by atomic mass is 10.1. The Morgan fingerprint density at radius 1 is 1.36 bits per heavy atom. The van der Waals surface area contributed by atoms with Gasteiger partial charge < -0.3 is 15.0 Å². The second-order valence-corrected chi connectivity index (χ2v) is 6.37. The van der Waals surface area contributed by atoms with Gasteiger partial charge in [0.05, 0.1) is 6.42 Å². The van der Waals surface area contributed by atoms with Crippen LogP contribution in [0.1, 0.15) is 31.2 Å². The van der Waals surface area contributed by atoms with Gasteiger partial charge >= 0.3 is 0 Å². The number of aromatic nitrogens is 1. The summed E-state index contributed by atoms with van der Waals surface area (Å²) in [5.41, 5.74) is 1.98. The van der Waals surface area contributed by atoms with E-state index in [2.05, 4.69) is 4.98 Å². The molecule has 3 rings (SSSR count). The van der Waals surface area contributed by atoms with Gasteiger partial charge in [0, 0.05) is 41.3 Å². The average molecular weight is 321 g/mol. The Morgan fingerprint density at radius 3 is 2.91 bits per heavy atom. The maximum absolute atomic E-state index is 12.6. The molecule has 1 amide bonds. The lowest BCUT2D eigenvalue weighted by molar-refractivity contribution is -0.131. The molecule has 1 heterocycles. The highest BCUT2D eigenvalue weighted by Crippen LogP contribution is 2.29. The number of carbonyl (C=O) groups excluding carboxylic acids is 1. The smallest absolute Gasteiger partial charge is 0.227 e. The molecule has 0 radical (unpaired) electrons. The molecule has 0 saturated heterocycles. The van der Waals surface area contributed by atoms with E-state index in [0.29, 0.717) is 17.5 Å². The number of benzene rings is 1. The first kappa shape index (κ1) is 15.4. The van der Waals surface area contributed by atoms with E-state index in [1.54, 1.807) is 0 Å². The molecule has 1 saturated carbocycles. The molecular weight excluding hydrogens is 300 g/mol. The predicted octanol–water partition coefficient (Wildman–Crippen LogP) is 3.13. The molecule has 118 valence electrons. The molecule has 0 atom stereocenters. The minimum Gasteiger partial charge on any atom is -0.396 e. The molecule has 2 N–H and O–H groups in total. The standard InChI is InChI=1S/C17H21ClN2O2/c18-13-3-6-15-12(11-19-16(15)10-13)9-17(22)20(14-4-5-14)7-1-2-8-21/h3,6,10-11,14,19,21H,1-2,4-5,7-9H2. The van der Waals surface area contributed by atoms with Crippen molar-refractivity contribution < 1.29 is 9.90 Å². The quantitative estimate of drug-likeness (QED) is 0.770. The van der Waals surface area contributed by atoms with Crippen LogP contribution in [0.15, 0.2) is 24.4 Å². The summed E-state index contributed by atoms with van der Waals surface area (Å²) < 4.78 is 0. The van der Waals surface area contributed by atoms with Crippen LogP contribution in [0.5, 0.6) is 0 Å². The number of amides is 1. The van der Waals surface area contributed by atoms with Gasteiger partial charge in [-0.15, -0.1) is 0 Å². The molecule has 0 bridgehead atoms. The number of nitrogens with one attached hydrogen (secondary N) is 1. The van der Waals surface area contributed by atoms with Gasteiger partial charge in [0.2, 0.25) is 5.91 Å². The van der Waals surface area contributed by atoms with Crippen LogP contribution in [0, 0.1) is 0 Å². The van der Waals surface area contributed by atoms with Gasteiger partial charge in [-0.25, -0.2) is 0 Å². The molecular formula is C17H21ClN2O2. The Morgan fingerprint density at radius 2 is 2.18 bits per heavy atom. The summed E-state index contributed by atoms with van der Waals surface area (Å²) in [6.45, 7) is 0.939. The lowest BCUT2D eigenvalue weighted by Gasteiger charge is -2.22. The topological polar surface area (TPSA) is 56.3 Å². The summed E-state index contributed by atoms with van der Waals surface area (Å²) in [7, 11) is 0. The minimum absolute atomic E-state index is 0.177. The number of halogens is 1. The molecule has 0 aliphatic heterocycles. The zero-order chi connectivity index (χ0) is 15.5. The van der Waals surface area contributed by atoms with Crippen LogP contribution in [0.4, 0.5) is 0 Å². The number of aromatic amines is 1. The van der Waals surface area contributed by atoms with Crippen molar-refractivity contribution in [3.8, 4) is 0 Å². The summed E-state index contributed by atoms with van der Waals surface area (Å²) in [5, 5.41) is 10.7. The second kappa shape index (κ2) is 6.71. The van der Waals surface area contributed by atoms with E-state index in [1.165, 1.54) is 0 Å². The van der Waals surface area contributed by atoms with Crippen molar-refractivity contribution in [3.63, 3.8) is 0 Å². The number of aliphatic hydroxyl groups is 1. The zero-order valence-corrected chi connectivity index (χ0v) is 13.3. The van der Waals surface area contributed by atoms with Crippen molar-refractivity contribution in [2.24, 2.45) is 0 Å². The third-order valence-corrected chi connectivity index (χ3v) is 4.42. The van der Waals surface area contributed by atoms with Crippen LogP contribution >= 0.6 is 11.6 Å². The SMILES string of the molecule is O=C(Cc1c[nH]c2cc(Cl)ccc12)N(CCCCO)C1CC1. The summed E-state index contributed by atoms with van der Waals surface area (Å²) in [6.07, 6.45) is 6.14. The van der Waals surface area contributed by atoms with E-state index in [-0.39, 0.29) is 12.5 Å². The van der Waals surface area contributed by atoms with E-state index in [1.807, 2.05) is 29.3 Å². The second-order valence-electron chi connectivity index (χ2n) is 5.93. The fraction of sp³-hybridized carbons (Fsp3) is 0.471. The van der Waals surface area contributed by atoms with Gasteiger partial charge in [-0.05, 0) is 43.4 Å². The van der Waals surface area contributed by atoms with E-state index < -0.39 is 0 Å². The molecule has 1 aliphatic carbocycles. The number of fused-ring (bicyclic) bond motifs is 1.